The number of hydrogen-bond acceptors (Lipinski definition) is 3. The predicted octanol–water partition coefficient (Wildman–Crippen LogP) is 2.41. The minimum absolute atomic E-state index is 0.294. The summed E-state index contributed by atoms with van der Waals surface area (Å²) in [6.07, 6.45) is 0. The number of carboxylic acid groups (broad SMARTS) is 1. The summed E-state index contributed by atoms with van der Waals surface area (Å²) in [6.45, 7) is 7.63. The van der Waals surface area contributed by atoms with Gasteiger partial charge in [-0.15, -0.1) is 0 Å². The Labute approximate surface area is 119 Å². The smallest absolute Gasteiger partial charge is 0.323 e. The van der Waals surface area contributed by atoms with E-state index in [2.05, 4.69) is 0 Å². The van der Waals surface area contributed by atoms with Crippen molar-refractivity contribution in [3.8, 4) is 5.75 Å². The van der Waals surface area contributed by atoms with Gasteiger partial charge in [-0.05, 0) is 52.0 Å². The molecule has 0 aromatic heterocycles. The van der Waals surface area contributed by atoms with Crippen LogP contribution in [0.4, 0.5) is 0 Å². The zero-order valence-corrected chi connectivity index (χ0v) is 12.3. The monoisotopic (exact) mass is 279 g/mol. The van der Waals surface area contributed by atoms with Crippen LogP contribution in [-0.4, -0.2) is 40.6 Å². The highest BCUT2D eigenvalue weighted by atomic mass is 16.5. The molecule has 0 fully saturated rings. The van der Waals surface area contributed by atoms with E-state index in [0.29, 0.717) is 17.9 Å². The van der Waals surface area contributed by atoms with Gasteiger partial charge in [0.2, 0.25) is 0 Å². The second-order valence-corrected chi connectivity index (χ2v) is 5.45. The Hall–Kier alpha value is -2.04. The summed E-state index contributed by atoms with van der Waals surface area (Å²) in [6, 6.07) is 6.72. The average molecular weight is 279 g/mol. The highest BCUT2D eigenvalue weighted by molar-refractivity contribution is 5.95. The molecule has 1 aromatic rings. The number of likely N-dealkylation sites (N-methyl/N-ethyl adjacent to an activating group) is 1. The molecule has 0 radical (unpaired) electrons. The van der Waals surface area contributed by atoms with Crippen molar-refractivity contribution in [1.29, 1.82) is 0 Å². The largest absolute Gasteiger partial charge is 0.488 e. The summed E-state index contributed by atoms with van der Waals surface area (Å²) in [5.74, 6) is -0.638. The molecule has 0 unspecified atom stereocenters. The number of rotatable bonds is 5. The van der Waals surface area contributed by atoms with Crippen LogP contribution >= 0.6 is 0 Å². The van der Waals surface area contributed by atoms with Crippen LogP contribution < -0.4 is 4.74 Å². The summed E-state index contributed by atoms with van der Waals surface area (Å²) in [4.78, 5) is 24.1. The number of carboxylic acids is 1. The van der Waals surface area contributed by atoms with Gasteiger partial charge in [0, 0.05) is 12.1 Å². The maximum Gasteiger partial charge on any atom is 0.323 e. The summed E-state index contributed by atoms with van der Waals surface area (Å²) in [7, 11) is 0. The molecule has 0 aliphatic heterocycles. The standard InChI is InChI=1S/C15H21NO4/c1-5-16(10-13(17)18)14(19)11-6-8-12(9-7-11)20-15(2,3)4/h6-9H,5,10H2,1-4H3,(H,17,18). The summed E-state index contributed by atoms with van der Waals surface area (Å²) in [5.41, 5.74) is 0.152. The Morgan fingerprint density at radius 3 is 2.15 bits per heavy atom. The molecule has 1 aromatic carbocycles. The average Bonchev–Trinajstić information content (AvgIpc) is 2.34. The topological polar surface area (TPSA) is 66.8 Å². The van der Waals surface area contributed by atoms with E-state index >= 15 is 0 Å². The first-order valence-corrected chi connectivity index (χ1v) is 6.53. The highest BCUT2D eigenvalue weighted by Crippen LogP contribution is 2.19. The maximum absolute atomic E-state index is 12.1. The van der Waals surface area contributed by atoms with Gasteiger partial charge < -0.3 is 14.7 Å². The molecular weight excluding hydrogens is 258 g/mol. The molecular formula is C15H21NO4. The van der Waals surface area contributed by atoms with Gasteiger partial charge in [0.25, 0.3) is 5.91 Å². The van der Waals surface area contributed by atoms with E-state index in [4.69, 9.17) is 9.84 Å². The Morgan fingerprint density at radius 2 is 1.75 bits per heavy atom. The fourth-order valence-electron chi connectivity index (χ4n) is 1.69. The van der Waals surface area contributed by atoms with Crippen LogP contribution in [-0.2, 0) is 4.79 Å². The Balaban J connectivity index is 2.81. The van der Waals surface area contributed by atoms with E-state index in [1.807, 2.05) is 20.8 Å². The predicted molar refractivity (Wildman–Crippen MR) is 76.0 cm³/mol. The van der Waals surface area contributed by atoms with E-state index in [-0.39, 0.29) is 18.1 Å². The molecule has 5 nitrogen and oxygen atoms in total. The lowest BCUT2D eigenvalue weighted by atomic mass is 10.1. The van der Waals surface area contributed by atoms with E-state index in [1.165, 1.54) is 4.90 Å². The first-order chi connectivity index (χ1) is 9.23. The number of nitrogens with zero attached hydrogens (tertiary/aromatic N) is 1. The van der Waals surface area contributed by atoms with Crippen LogP contribution in [0.15, 0.2) is 24.3 Å². The number of ether oxygens (including phenoxy) is 1. The molecule has 0 aliphatic carbocycles. The first kappa shape index (κ1) is 16.0. The minimum Gasteiger partial charge on any atom is -0.488 e. The zero-order valence-electron chi connectivity index (χ0n) is 12.3. The van der Waals surface area contributed by atoms with Crippen molar-refractivity contribution in [3.63, 3.8) is 0 Å². The fourth-order valence-corrected chi connectivity index (χ4v) is 1.69. The fraction of sp³-hybridized carbons (Fsp3) is 0.467. The molecule has 110 valence electrons. The summed E-state index contributed by atoms with van der Waals surface area (Å²) < 4.78 is 5.67. The van der Waals surface area contributed by atoms with Gasteiger partial charge in [-0.3, -0.25) is 9.59 Å². The highest BCUT2D eigenvalue weighted by Gasteiger charge is 2.17. The Morgan fingerprint density at radius 1 is 1.20 bits per heavy atom. The lowest BCUT2D eigenvalue weighted by Gasteiger charge is -2.22. The molecule has 1 rings (SSSR count). The lowest BCUT2D eigenvalue weighted by molar-refractivity contribution is -0.137. The van der Waals surface area contributed by atoms with Gasteiger partial charge in [0.1, 0.15) is 17.9 Å². The molecule has 1 amide bonds. The van der Waals surface area contributed by atoms with Gasteiger partial charge in [0.15, 0.2) is 0 Å². The third-order valence-corrected chi connectivity index (χ3v) is 2.52. The second-order valence-electron chi connectivity index (χ2n) is 5.45. The molecule has 0 spiro atoms. The minimum atomic E-state index is -1.02. The summed E-state index contributed by atoms with van der Waals surface area (Å²) >= 11 is 0. The Kier molecular flexibility index (Phi) is 5.13. The molecule has 0 aliphatic rings. The number of aliphatic carboxylic acids is 1. The Bertz CT molecular complexity index is 474. The third-order valence-electron chi connectivity index (χ3n) is 2.52. The van der Waals surface area contributed by atoms with E-state index < -0.39 is 5.97 Å². The summed E-state index contributed by atoms with van der Waals surface area (Å²) in [5, 5.41) is 8.77. The lowest BCUT2D eigenvalue weighted by Crippen LogP contribution is -2.35. The molecule has 5 heteroatoms. The van der Waals surface area contributed by atoms with Gasteiger partial charge >= 0.3 is 5.97 Å². The van der Waals surface area contributed by atoms with Crippen molar-refractivity contribution < 1.29 is 19.4 Å². The third kappa shape index (κ3) is 4.91. The van der Waals surface area contributed by atoms with Crippen molar-refractivity contribution in [3.05, 3.63) is 29.8 Å². The zero-order chi connectivity index (χ0) is 15.3. The van der Waals surface area contributed by atoms with Crippen LogP contribution in [0.5, 0.6) is 5.75 Å². The maximum atomic E-state index is 12.1. The molecule has 20 heavy (non-hydrogen) atoms. The van der Waals surface area contributed by atoms with Crippen molar-refractivity contribution in [1.82, 2.24) is 4.90 Å². The number of carbonyl (C=O) groups excluding carboxylic acids is 1. The van der Waals surface area contributed by atoms with Gasteiger partial charge in [0.05, 0.1) is 0 Å². The van der Waals surface area contributed by atoms with Gasteiger partial charge in [-0.1, -0.05) is 0 Å². The van der Waals surface area contributed by atoms with Crippen LogP contribution in [0.1, 0.15) is 38.1 Å². The van der Waals surface area contributed by atoms with Crippen molar-refractivity contribution >= 4 is 11.9 Å². The van der Waals surface area contributed by atoms with Crippen molar-refractivity contribution in [2.24, 2.45) is 0 Å². The van der Waals surface area contributed by atoms with Crippen LogP contribution in [0.3, 0.4) is 0 Å². The number of benzene rings is 1. The van der Waals surface area contributed by atoms with Crippen LogP contribution in [0.2, 0.25) is 0 Å². The van der Waals surface area contributed by atoms with Crippen molar-refractivity contribution in [2.75, 3.05) is 13.1 Å². The number of carbonyl (C=O) groups is 2. The number of hydrogen-bond donors (Lipinski definition) is 1. The number of amides is 1. The molecule has 0 saturated heterocycles. The molecule has 0 atom stereocenters. The molecule has 0 heterocycles. The van der Waals surface area contributed by atoms with Crippen LogP contribution in [0.25, 0.3) is 0 Å². The second kappa shape index (κ2) is 6.41. The normalized spacial score (nSPS) is 11.0. The molecule has 1 N–H and O–H groups in total. The SMILES string of the molecule is CCN(CC(=O)O)C(=O)c1ccc(OC(C)(C)C)cc1. The molecule has 0 saturated carbocycles. The van der Waals surface area contributed by atoms with E-state index in [0.717, 1.165) is 0 Å². The van der Waals surface area contributed by atoms with E-state index in [1.54, 1.807) is 31.2 Å². The quantitative estimate of drug-likeness (QED) is 0.898. The van der Waals surface area contributed by atoms with Gasteiger partial charge in [-0.2, -0.15) is 0 Å². The molecule has 0 bridgehead atoms. The van der Waals surface area contributed by atoms with Gasteiger partial charge in [-0.25, -0.2) is 0 Å². The first-order valence-electron chi connectivity index (χ1n) is 6.53. The van der Waals surface area contributed by atoms with Crippen molar-refractivity contribution in [2.45, 2.75) is 33.3 Å². The van der Waals surface area contributed by atoms with E-state index in [9.17, 15) is 9.59 Å². The van der Waals surface area contributed by atoms with Crippen LogP contribution in [0, 0.1) is 0 Å².